The SMILES string of the molecule is C1CNCC(CNC2CC3CC3C2)C1. The molecule has 3 rings (SSSR count). The average Bonchev–Trinajstić information content (AvgIpc) is 2.85. The Morgan fingerprint density at radius 3 is 2.71 bits per heavy atom. The van der Waals surface area contributed by atoms with Crippen LogP contribution >= 0.6 is 0 Å². The van der Waals surface area contributed by atoms with Crippen molar-refractivity contribution in [3.8, 4) is 0 Å². The molecule has 0 aromatic heterocycles. The quantitative estimate of drug-likeness (QED) is 0.709. The van der Waals surface area contributed by atoms with Gasteiger partial charge in [0, 0.05) is 6.04 Å². The number of fused-ring (bicyclic) bond motifs is 1. The van der Waals surface area contributed by atoms with E-state index in [9.17, 15) is 0 Å². The number of hydrogen-bond acceptors (Lipinski definition) is 2. The van der Waals surface area contributed by atoms with Crippen LogP contribution in [-0.4, -0.2) is 25.7 Å². The molecule has 3 aliphatic rings. The van der Waals surface area contributed by atoms with E-state index in [1.807, 2.05) is 0 Å². The summed E-state index contributed by atoms with van der Waals surface area (Å²) in [5.41, 5.74) is 0. The summed E-state index contributed by atoms with van der Waals surface area (Å²) < 4.78 is 0. The fraction of sp³-hybridized carbons (Fsp3) is 1.00. The lowest BCUT2D eigenvalue weighted by Gasteiger charge is -2.25. The number of hydrogen-bond donors (Lipinski definition) is 2. The smallest absolute Gasteiger partial charge is 0.00726 e. The summed E-state index contributed by atoms with van der Waals surface area (Å²) in [6.07, 6.45) is 7.31. The molecule has 0 amide bonds. The van der Waals surface area contributed by atoms with Crippen LogP contribution in [0.5, 0.6) is 0 Å². The lowest BCUT2D eigenvalue weighted by molar-refractivity contribution is 0.337. The van der Waals surface area contributed by atoms with Gasteiger partial charge in [0.25, 0.3) is 0 Å². The second kappa shape index (κ2) is 3.82. The molecule has 2 aliphatic carbocycles. The molecule has 0 aromatic carbocycles. The molecule has 2 N–H and O–H groups in total. The van der Waals surface area contributed by atoms with E-state index in [0.717, 1.165) is 23.8 Å². The van der Waals surface area contributed by atoms with Crippen molar-refractivity contribution in [3.05, 3.63) is 0 Å². The highest BCUT2D eigenvalue weighted by atomic mass is 15.0. The predicted molar refractivity (Wildman–Crippen MR) is 58.2 cm³/mol. The van der Waals surface area contributed by atoms with Gasteiger partial charge in [-0.15, -0.1) is 0 Å². The van der Waals surface area contributed by atoms with Gasteiger partial charge in [-0.25, -0.2) is 0 Å². The maximum atomic E-state index is 3.77. The highest BCUT2D eigenvalue weighted by molar-refractivity contribution is 4.98. The lowest BCUT2D eigenvalue weighted by atomic mass is 9.99. The summed E-state index contributed by atoms with van der Waals surface area (Å²) in [4.78, 5) is 0. The van der Waals surface area contributed by atoms with Gasteiger partial charge in [0.15, 0.2) is 0 Å². The molecule has 2 saturated carbocycles. The zero-order valence-electron chi connectivity index (χ0n) is 8.97. The number of nitrogens with one attached hydrogen (secondary N) is 2. The number of rotatable bonds is 3. The molecule has 80 valence electrons. The van der Waals surface area contributed by atoms with Gasteiger partial charge in [-0.05, 0) is 69.5 Å². The van der Waals surface area contributed by atoms with Gasteiger partial charge in [-0.3, -0.25) is 0 Å². The van der Waals surface area contributed by atoms with E-state index in [2.05, 4.69) is 10.6 Å². The van der Waals surface area contributed by atoms with Crippen LogP contribution in [0, 0.1) is 17.8 Å². The Hall–Kier alpha value is -0.0800. The van der Waals surface area contributed by atoms with Gasteiger partial charge in [0.1, 0.15) is 0 Å². The Labute approximate surface area is 86.8 Å². The second-order valence-corrected chi connectivity index (χ2v) is 5.54. The monoisotopic (exact) mass is 194 g/mol. The Balaban J connectivity index is 1.36. The summed E-state index contributed by atoms with van der Waals surface area (Å²) >= 11 is 0. The van der Waals surface area contributed by atoms with Crippen molar-refractivity contribution in [1.82, 2.24) is 10.6 Å². The van der Waals surface area contributed by atoms with E-state index in [1.165, 1.54) is 45.3 Å². The standard InChI is InChI=1S/C12H22N2/c1-2-9(7-13-3-1)8-14-12-5-10-4-11(10)6-12/h9-14H,1-8H2. The van der Waals surface area contributed by atoms with Gasteiger partial charge < -0.3 is 10.6 Å². The van der Waals surface area contributed by atoms with E-state index >= 15 is 0 Å². The lowest BCUT2D eigenvalue weighted by Crippen LogP contribution is -2.39. The van der Waals surface area contributed by atoms with Crippen LogP contribution in [0.3, 0.4) is 0 Å². The molecule has 1 aliphatic heterocycles. The fourth-order valence-electron chi connectivity index (χ4n) is 3.31. The third kappa shape index (κ3) is 1.96. The molecule has 0 spiro atoms. The molecule has 1 saturated heterocycles. The van der Waals surface area contributed by atoms with Crippen LogP contribution in [-0.2, 0) is 0 Å². The summed E-state index contributed by atoms with van der Waals surface area (Å²) in [6.45, 7) is 3.74. The topological polar surface area (TPSA) is 24.1 Å². The molecule has 2 heteroatoms. The van der Waals surface area contributed by atoms with Crippen LogP contribution in [0.2, 0.25) is 0 Å². The van der Waals surface area contributed by atoms with Crippen molar-refractivity contribution in [3.63, 3.8) is 0 Å². The summed E-state index contributed by atoms with van der Waals surface area (Å²) in [5, 5.41) is 7.26. The average molecular weight is 194 g/mol. The molecule has 3 fully saturated rings. The highest BCUT2D eigenvalue weighted by Gasteiger charge is 2.45. The van der Waals surface area contributed by atoms with Crippen molar-refractivity contribution in [2.75, 3.05) is 19.6 Å². The fourth-order valence-corrected chi connectivity index (χ4v) is 3.31. The number of piperidine rings is 1. The first-order chi connectivity index (χ1) is 6.92. The van der Waals surface area contributed by atoms with Crippen LogP contribution < -0.4 is 10.6 Å². The van der Waals surface area contributed by atoms with E-state index in [-0.39, 0.29) is 0 Å². The van der Waals surface area contributed by atoms with E-state index in [1.54, 1.807) is 6.42 Å². The first-order valence-corrected chi connectivity index (χ1v) is 6.36. The third-order valence-corrected chi connectivity index (χ3v) is 4.34. The van der Waals surface area contributed by atoms with Crippen molar-refractivity contribution in [1.29, 1.82) is 0 Å². The molecule has 1 heterocycles. The molecule has 2 nitrogen and oxygen atoms in total. The Morgan fingerprint density at radius 1 is 1.14 bits per heavy atom. The zero-order valence-corrected chi connectivity index (χ0v) is 8.97. The first kappa shape index (κ1) is 9.17. The summed E-state index contributed by atoms with van der Waals surface area (Å²) in [6, 6.07) is 0.876. The van der Waals surface area contributed by atoms with Gasteiger partial charge in [0.2, 0.25) is 0 Å². The molecule has 0 radical (unpaired) electrons. The first-order valence-electron chi connectivity index (χ1n) is 6.36. The molecule has 3 unspecified atom stereocenters. The van der Waals surface area contributed by atoms with Gasteiger partial charge >= 0.3 is 0 Å². The summed E-state index contributed by atoms with van der Waals surface area (Å²) in [7, 11) is 0. The molecule has 0 aromatic rings. The molecule has 3 atom stereocenters. The Bertz CT molecular complexity index is 186. The van der Waals surface area contributed by atoms with Crippen molar-refractivity contribution in [2.45, 2.75) is 38.1 Å². The highest BCUT2D eigenvalue weighted by Crippen LogP contribution is 2.51. The molecule has 0 bridgehead atoms. The van der Waals surface area contributed by atoms with E-state index in [0.29, 0.717) is 0 Å². The van der Waals surface area contributed by atoms with Gasteiger partial charge in [0.05, 0.1) is 0 Å². The molecular formula is C12H22N2. The Kier molecular flexibility index (Phi) is 2.50. The van der Waals surface area contributed by atoms with Crippen LogP contribution in [0.1, 0.15) is 32.1 Å². The normalized spacial score (nSPS) is 46.3. The molecule has 14 heavy (non-hydrogen) atoms. The minimum atomic E-state index is 0.876. The zero-order chi connectivity index (χ0) is 9.38. The maximum Gasteiger partial charge on any atom is 0.00726 e. The minimum Gasteiger partial charge on any atom is -0.316 e. The second-order valence-electron chi connectivity index (χ2n) is 5.54. The van der Waals surface area contributed by atoms with E-state index in [4.69, 9.17) is 0 Å². The van der Waals surface area contributed by atoms with Crippen molar-refractivity contribution < 1.29 is 0 Å². The van der Waals surface area contributed by atoms with Crippen LogP contribution in [0.4, 0.5) is 0 Å². The van der Waals surface area contributed by atoms with Crippen molar-refractivity contribution >= 4 is 0 Å². The van der Waals surface area contributed by atoms with Gasteiger partial charge in [-0.1, -0.05) is 0 Å². The third-order valence-electron chi connectivity index (χ3n) is 4.34. The van der Waals surface area contributed by atoms with Crippen molar-refractivity contribution in [2.24, 2.45) is 17.8 Å². The van der Waals surface area contributed by atoms with Gasteiger partial charge in [-0.2, -0.15) is 0 Å². The van der Waals surface area contributed by atoms with E-state index < -0.39 is 0 Å². The predicted octanol–water partition coefficient (Wildman–Crippen LogP) is 1.37. The minimum absolute atomic E-state index is 0.876. The largest absolute Gasteiger partial charge is 0.316 e. The summed E-state index contributed by atoms with van der Waals surface area (Å²) in [5.74, 6) is 3.15. The van der Waals surface area contributed by atoms with Crippen LogP contribution in [0.15, 0.2) is 0 Å². The molecular weight excluding hydrogens is 172 g/mol. The Morgan fingerprint density at radius 2 is 2.00 bits per heavy atom. The van der Waals surface area contributed by atoms with Crippen LogP contribution in [0.25, 0.3) is 0 Å². The maximum absolute atomic E-state index is 3.77.